The third-order valence-electron chi connectivity index (χ3n) is 3.95. The maximum Gasteiger partial charge on any atom is 0.308 e. The molecule has 1 aliphatic rings. The zero-order valence-electron chi connectivity index (χ0n) is 12.2. The largest absolute Gasteiger partial charge is 0.469 e. The molecule has 0 saturated heterocycles. The third kappa shape index (κ3) is 3.00. The Labute approximate surface area is 118 Å². The number of methoxy groups -OCH3 is 1. The topological polar surface area (TPSA) is 84.1 Å². The molecule has 1 aliphatic carbocycles. The summed E-state index contributed by atoms with van der Waals surface area (Å²) in [5, 5.41) is 9.87. The summed E-state index contributed by atoms with van der Waals surface area (Å²) in [4.78, 5) is 23.7. The van der Waals surface area contributed by atoms with Gasteiger partial charge in [0.05, 0.1) is 24.3 Å². The molecule has 0 spiro atoms. The first-order chi connectivity index (χ1) is 9.52. The molecule has 2 rings (SSSR count). The third-order valence-corrected chi connectivity index (χ3v) is 3.95. The van der Waals surface area contributed by atoms with Crippen LogP contribution in [0.25, 0.3) is 0 Å². The van der Waals surface area contributed by atoms with Gasteiger partial charge < -0.3 is 10.1 Å². The van der Waals surface area contributed by atoms with Crippen molar-refractivity contribution in [2.45, 2.75) is 45.6 Å². The molecule has 1 aromatic heterocycles. The number of esters is 1. The van der Waals surface area contributed by atoms with E-state index in [9.17, 15) is 9.59 Å². The highest BCUT2D eigenvalue weighted by Gasteiger charge is 2.28. The molecule has 0 bridgehead atoms. The number of hydrogen-bond donors (Lipinski definition) is 2. The smallest absolute Gasteiger partial charge is 0.308 e. The van der Waals surface area contributed by atoms with Gasteiger partial charge in [0.25, 0.3) is 5.91 Å². The van der Waals surface area contributed by atoms with E-state index in [0.717, 1.165) is 31.4 Å². The lowest BCUT2D eigenvalue weighted by Gasteiger charge is -2.27. The number of H-pyrrole nitrogens is 1. The van der Waals surface area contributed by atoms with Crippen LogP contribution in [-0.2, 0) is 9.53 Å². The minimum absolute atomic E-state index is 0.0226. The zero-order chi connectivity index (χ0) is 14.7. The Morgan fingerprint density at radius 3 is 2.40 bits per heavy atom. The average Bonchev–Trinajstić information content (AvgIpc) is 2.78. The number of rotatable bonds is 3. The fourth-order valence-corrected chi connectivity index (χ4v) is 2.78. The van der Waals surface area contributed by atoms with Crippen LogP contribution in [-0.4, -0.2) is 35.2 Å². The fraction of sp³-hybridized carbons (Fsp3) is 0.643. The average molecular weight is 279 g/mol. The molecule has 0 aliphatic heterocycles. The van der Waals surface area contributed by atoms with Gasteiger partial charge in [-0.05, 0) is 39.5 Å². The summed E-state index contributed by atoms with van der Waals surface area (Å²) < 4.78 is 4.76. The van der Waals surface area contributed by atoms with Crippen LogP contribution in [0.1, 0.15) is 47.4 Å². The highest BCUT2D eigenvalue weighted by Crippen LogP contribution is 2.25. The van der Waals surface area contributed by atoms with Gasteiger partial charge in [-0.2, -0.15) is 5.10 Å². The first-order valence-corrected chi connectivity index (χ1v) is 6.93. The number of amides is 1. The van der Waals surface area contributed by atoms with Crippen molar-refractivity contribution in [1.82, 2.24) is 15.5 Å². The van der Waals surface area contributed by atoms with Gasteiger partial charge in [0.1, 0.15) is 0 Å². The number of aromatic amines is 1. The Balaban J connectivity index is 1.90. The molecule has 1 fully saturated rings. The van der Waals surface area contributed by atoms with Crippen molar-refractivity contribution in [3.63, 3.8) is 0 Å². The maximum atomic E-state index is 12.2. The highest BCUT2D eigenvalue weighted by atomic mass is 16.5. The number of hydrogen-bond acceptors (Lipinski definition) is 4. The number of aryl methyl sites for hydroxylation is 2. The van der Waals surface area contributed by atoms with Gasteiger partial charge in [-0.25, -0.2) is 0 Å². The predicted octanol–water partition coefficient (Wildman–Crippen LogP) is 1.49. The van der Waals surface area contributed by atoms with Crippen LogP contribution < -0.4 is 5.32 Å². The molecule has 6 heteroatoms. The van der Waals surface area contributed by atoms with E-state index in [0.29, 0.717) is 11.3 Å². The van der Waals surface area contributed by atoms with Gasteiger partial charge in [0.15, 0.2) is 0 Å². The lowest BCUT2D eigenvalue weighted by Crippen LogP contribution is -2.39. The summed E-state index contributed by atoms with van der Waals surface area (Å²) in [6.45, 7) is 3.65. The van der Waals surface area contributed by atoms with Crippen LogP contribution in [0.4, 0.5) is 0 Å². The molecule has 6 nitrogen and oxygen atoms in total. The molecular weight excluding hydrogens is 258 g/mol. The van der Waals surface area contributed by atoms with Crippen LogP contribution in [0.3, 0.4) is 0 Å². The van der Waals surface area contributed by atoms with E-state index < -0.39 is 0 Å². The summed E-state index contributed by atoms with van der Waals surface area (Å²) in [6, 6.07) is 0.122. The van der Waals surface area contributed by atoms with E-state index in [2.05, 4.69) is 15.5 Å². The first-order valence-electron chi connectivity index (χ1n) is 6.93. The molecule has 20 heavy (non-hydrogen) atoms. The minimum Gasteiger partial charge on any atom is -0.469 e. The molecule has 0 atom stereocenters. The number of ether oxygens (including phenoxy) is 1. The quantitative estimate of drug-likeness (QED) is 0.821. The second-order valence-electron chi connectivity index (χ2n) is 5.35. The van der Waals surface area contributed by atoms with E-state index in [1.165, 1.54) is 7.11 Å². The number of nitrogens with one attached hydrogen (secondary N) is 2. The van der Waals surface area contributed by atoms with Crippen molar-refractivity contribution in [3.8, 4) is 0 Å². The summed E-state index contributed by atoms with van der Waals surface area (Å²) in [5.74, 6) is -0.253. The highest BCUT2D eigenvalue weighted by molar-refractivity contribution is 5.96. The van der Waals surface area contributed by atoms with Crippen molar-refractivity contribution < 1.29 is 14.3 Å². The molecule has 110 valence electrons. The molecule has 0 aromatic carbocycles. The lowest BCUT2D eigenvalue weighted by molar-refractivity contribution is -0.146. The normalized spacial score (nSPS) is 22.4. The standard InChI is InChI=1S/C14H21N3O3/c1-8-12(9(2)17-16-8)13(18)15-11-6-4-10(5-7-11)14(19)20-3/h10-11H,4-7H2,1-3H3,(H,15,18)(H,16,17). The van der Waals surface area contributed by atoms with Crippen molar-refractivity contribution in [2.75, 3.05) is 7.11 Å². The SMILES string of the molecule is COC(=O)C1CCC(NC(=O)c2c(C)n[nH]c2C)CC1. The number of carbonyl (C=O) groups is 2. The van der Waals surface area contributed by atoms with E-state index >= 15 is 0 Å². The van der Waals surface area contributed by atoms with E-state index in [4.69, 9.17) is 4.74 Å². The Morgan fingerprint density at radius 2 is 1.90 bits per heavy atom. The molecule has 2 N–H and O–H groups in total. The zero-order valence-corrected chi connectivity index (χ0v) is 12.2. The molecule has 1 amide bonds. The van der Waals surface area contributed by atoms with Gasteiger partial charge in [-0.1, -0.05) is 0 Å². The van der Waals surface area contributed by atoms with E-state index in [1.54, 1.807) is 0 Å². The molecule has 1 heterocycles. The van der Waals surface area contributed by atoms with Crippen LogP contribution >= 0.6 is 0 Å². The lowest BCUT2D eigenvalue weighted by atomic mass is 9.86. The first kappa shape index (κ1) is 14.6. The van der Waals surface area contributed by atoms with Gasteiger partial charge in [-0.3, -0.25) is 14.7 Å². The molecular formula is C14H21N3O3. The second-order valence-corrected chi connectivity index (χ2v) is 5.35. The Kier molecular flexibility index (Phi) is 4.42. The van der Waals surface area contributed by atoms with Crippen LogP contribution in [0.15, 0.2) is 0 Å². The van der Waals surface area contributed by atoms with Gasteiger partial charge in [0, 0.05) is 11.7 Å². The van der Waals surface area contributed by atoms with Gasteiger partial charge in [-0.15, -0.1) is 0 Å². The van der Waals surface area contributed by atoms with Crippen LogP contribution in [0.5, 0.6) is 0 Å². The fourth-order valence-electron chi connectivity index (χ4n) is 2.78. The monoisotopic (exact) mass is 279 g/mol. The molecule has 1 saturated carbocycles. The van der Waals surface area contributed by atoms with Crippen molar-refractivity contribution in [1.29, 1.82) is 0 Å². The van der Waals surface area contributed by atoms with Crippen LogP contribution in [0, 0.1) is 19.8 Å². The number of carbonyl (C=O) groups excluding carboxylic acids is 2. The maximum absolute atomic E-state index is 12.2. The van der Waals surface area contributed by atoms with Gasteiger partial charge >= 0.3 is 5.97 Å². The molecule has 0 unspecified atom stereocenters. The predicted molar refractivity (Wildman–Crippen MR) is 73.3 cm³/mol. The molecule has 1 aromatic rings. The van der Waals surface area contributed by atoms with Crippen molar-refractivity contribution >= 4 is 11.9 Å². The summed E-state index contributed by atoms with van der Waals surface area (Å²) >= 11 is 0. The summed E-state index contributed by atoms with van der Waals surface area (Å²) in [5.41, 5.74) is 2.12. The minimum atomic E-state index is -0.142. The Hall–Kier alpha value is -1.85. The van der Waals surface area contributed by atoms with E-state index in [-0.39, 0.29) is 23.8 Å². The Morgan fingerprint density at radius 1 is 1.25 bits per heavy atom. The number of aromatic nitrogens is 2. The van der Waals surface area contributed by atoms with Crippen molar-refractivity contribution in [2.24, 2.45) is 5.92 Å². The Bertz CT molecular complexity index is 482. The summed E-state index contributed by atoms with van der Waals surface area (Å²) in [6.07, 6.45) is 3.14. The number of nitrogens with zero attached hydrogens (tertiary/aromatic N) is 1. The van der Waals surface area contributed by atoms with Crippen molar-refractivity contribution in [3.05, 3.63) is 17.0 Å². The van der Waals surface area contributed by atoms with Gasteiger partial charge in [0.2, 0.25) is 0 Å². The van der Waals surface area contributed by atoms with E-state index in [1.807, 2.05) is 13.8 Å². The second kappa shape index (κ2) is 6.07. The van der Waals surface area contributed by atoms with Crippen LogP contribution in [0.2, 0.25) is 0 Å². The molecule has 0 radical (unpaired) electrons. The summed E-state index contributed by atoms with van der Waals surface area (Å²) in [7, 11) is 1.42.